The molecule has 0 bridgehead atoms. The van der Waals surface area contributed by atoms with Gasteiger partial charge in [-0.25, -0.2) is 0 Å². The Morgan fingerprint density at radius 1 is 1.11 bits per heavy atom. The second-order valence-electron chi connectivity index (χ2n) is 0.408. The van der Waals surface area contributed by atoms with Gasteiger partial charge < -0.3 is 9.11 Å². The first-order chi connectivity index (χ1) is 2.00. The van der Waals surface area contributed by atoms with Gasteiger partial charge >= 0.3 is 103 Å². The summed E-state index contributed by atoms with van der Waals surface area (Å²) in [6.45, 7) is 0. The van der Waals surface area contributed by atoms with E-state index in [0.29, 0.717) is 0 Å². The SMILES string of the molecule is O=S(=O)([O-])[O-].[Al+3].[Cr+3].[K+].[Ni+2]. The summed E-state index contributed by atoms with van der Waals surface area (Å²) in [5, 5.41) is 0. The van der Waals surface area contributed by atoms with Crippen molar-refractivity contribution < 1.29 is 103 Å². The summed E-state index contributed by atoms with van der Waals surface area (Å²) in [5.74, 6) is 0. The van der Waals surface area contributed by atoms with Crippen molar-refractivity contribution in [3.63, 3.8) is 0 Å². The molecule has 0 heterocycles. The third kappa shape index (κ3) is 96.8. The van der Waals surface area contributed by atoms with E-state index in [-0.39, 0.29) is 103 Å². The molecule has 0 fully saturated rings. The number of hydrogen-bond donors (Lipinski definition) is 0. The minimum absolute atomic E-state index is 0. The van der Waals surface area contributed by atoms with Crippen LogP contribution in [0.4, 0.5) is 0 Å². The first-order valence-electron chi connectivity index (χ1n) is 0.667. The summed E-state index contributed by atoms with van der Waals surface area (Å²) >= 11 is 0. The summed E-state index contributed by atoms with van der Waals surface area (Å²) < 4.78 is 34.1. The first kappa shape index (κ1) is 29.6. The molecule has 4 nitrogen and oxygen atoms in total. The summed E-state index contributed by atoms with van der Waals surface area (Å²) in [4.78, 5) is 0. The molecule has 0 aliphatic carbocycles. The fraction of sp³-hybridized carbons (Fsp3) is 0. The molecule has 9 heteroatoms. The van der Waals surface area contributed by atoms with E-state index in [1.54, 1.807) is 0 Å². The van der Waals surface area contributed by atoms with E-state index in [9.17, 15) is 0 Å². The van der Waals surface area contributed by atoms with Gasteiger partial charge in [-0.05, 0) is 0 Å². The fourth-order valence-corrected chi connectivity index (χ4v) is 0. The number of hydrogen-bond acceptors (Lipinski definition) is 4. The normalized spacial score (nSPS) is 6.44. The Hall–Kier alpha value is 3.06. The van der Waals surface area contributed by atoms with Crippen LogP contribution >= 0.6 is 0 Å². The maximum absolute atomic E-state index is 8.52. The smallest absolute Gasteiger partial charge is 0.759 e. The molecule has 0 spiro atoms. The van der Waals surface area contributed by atoms with Crippen LogP contribution < -0.4 is 51.4 Å². The van der Waals surface area contributed by atoms with Gasteiger partial charge in [0.2, 0.25) is 0 Å². The van der Waals surface area contributed by atoms with E-state index < -0.39 is 10.4 Å². The van der Waals surface area contributed by atoms with E-state index in [1.165, 1.54) is 0 Å². The van der Waals surface area contributed by atoms with Crippen LogP contribution in [0, 0.1) is 0 Å². The molecule has 0 amide bonds. The number of rotatable bonds is 0. The summed E-state index contributed by atoms with van der Waals surface area (Å²) in [5.41, 5.74) is 0. The average Bonchev–Trinajstić information content (AvgIpc) is 0.722. The topological polar surface area (TPSA) is 80.3 Å². The van der Waals surface area contributed by atoms with Crippen molar-refractivity contribution in [2.75, 3.05) is 0 Å². The van der Waals surface area contributed by atoms with Gasteiger partial charge in [0.25, 0.3) is 0 Å². The van der Waals surface area contributed by atoms with Crippen LogP contribution in [-0.4, -0.2) is 34.9 Å². The fourth-order valence-electron chi connectivity index (χ4n) is 0. The zero-order valence-corrected chi connectivity index (χ0v) is 11.7. The summed E-state index contributed by atoms with van der Waals surface area (Å²) in [6.07, 6.45) is 0. The van der Waals surface area contributed by atoms with Gasteiger partial charge in [-0.15, -0.1) is 0 Å². The van der Waals surface area contributed by atoms with Gasteiger partial charge in [-0.1, -0.05) is 0 Å². The predicted molar refractivity (Wildman–Crippen MR) is 16.2 cm³/mol. The molecular formula is AlCrKNiO4S+7. The quantitative estimate of drug-likeness (QED) is 0.252. The first-order valence-corrected chi connectivity index (χ1v) is 2.00. The molecule has 43 valence electrons. The second kappa shape index (κ2) is 13.6. The second-order valence-corrected chi connectivity index (χ2v) is 1.22. The largest absolute Gasteiger partial charge is 3.00 e. The third-order valence-corrected chi connectivity index (χ3v) is 0. The molecule has 0 aromatic heterocycles. The van der Waals surface area contributed by atoms with Crippen molar-refractivity contribution in [3.05, 3.63) is 0 Å². The summed E-state index contributed by atoms with van der Waals surface area (Å²) in [6, 6.07) is 0. The van der Waals surface area contributed by atoms with Crippen LogP contribution in [0.5, 0.6) is 0 Å². The Kier molecular flexibility index (Phi) is 44.9. The Bertz CT molecular complexity index is 104. The van der Waals surface area contributed by atoms with E-state index >= 15 is 0 Å². The van der Waals surface area contributed by atoms with Gasteiger partial charge in [0.05, 0.1) is 0 Å². The molecule has 0 aliphatic heterocycles. The molecule has 0 rings (SSSR count). The Labute approximate surface area is 128 Å². The monoisotopic (exact) mass is 272 g/mol. The predicted octanol–water partition coefficient (Wildman–Crippen LogP) is -4.72. The zero-order valence-electron chi connectivity index (χ0n) is 4.34. The Morgan fingerprint density at radius 2 is 1.11 bits per heavy atom. The Balaban J connectivity index is -0.0000000133. The van der Waals surface area contributed by atoms with Gasteiger partial charge in [-0.2, -0.15) is 0 Å². The van der Waals surface area contributed by atoms with Crippen molar-refractivity contribution in [1.82, 2.24) is 0 Å². The maximum atomic E-state index is 8.52. The molecule has 0 N–H and O–H groups in total. The molecule has 0 saturated heterocycles. The van der Waals surface area contributed by atoms with Crippen LogP contribution in [0.25, 0.3) is 0 Å². The molecule has 0 aromatic carbocycles. The van der Waals surface area contributed by atoms with E-state index in [2.05, 4.69) is 0 Å². The van der Waals surface area contributed by atoms with Crippen molar-refractivity contribution in [1.29, 1.82) is 0 Å². The standard InChI is InChI=1S/Al.Cr.K.Ni.H2O4S/c;;;;1-5(2,3)4/h;;;;(H2,1,2,3,4)/q2*+3;+1;+2;/p-2. The van der Waals surface area contributed by atoms with Gasteiger partial charge in [0.15, 0.2) is 0 Å². The van der Waals surface area contributed by atoms with Crippen molar-refractivity contribution in [2.45, 2.75) is 0 Å². The molecule has 1 radical (unpaired) electrons. The van der Waals surface area contributed by atoms with E-state index in [0.717, 1.165) is 0 Å². The van der Waals surface area contributed by atoms with Gasteiger partial charge in [0.1, 0.15) is 0 Å². The molecule has 9 heavy (non-hydrogen) atoms. The van der Waals surface area contributed by atoms with E-state index in [1.807, 2.05) is 0 Å². The molecule has 0 atom stereocenters. The summed E-state index contributed by atoms with van der Waals surface area (Å²) in [7, 11) is -5.17. The van der Waals surface area contributed by atoms with Crippen LogP contribution in [0.15, 0.2) is 0 Å². The van der Waals surface area contributed by atoms with Crippen LogP contribution in [-0.2, 0) is 44.3 Å². The van der Waals surface area contributed by atoms with Crippen LogP contribution in [0.1, 0.15) is 0 Å². The Morgan fingerprint density at radius 3 is 1.11 bits per heavy atom. The van der Waals surface area contributed by atoms with Gasteiger partial charge in [-0.3, -0.25) is 8.42 Å². The van der Waals surface area contributed by atoms with E-state index in [4.69, 9.17) is 17.5 Å². The minimum Gasteiger partial charge on any atom is -0.759 e. The zero-order chi connectivity index (χ0) is 4.50. The maximum Gasteiger partial charge on any atom is 3.00 e. The molecule has 0 saturated carbocycles. The van der Waals surface area contributed by atoms with Crippen molar-refractivity contribution in [2.24, 2.45) is 0 Å². The molecule has 0 unspecified atom stereocenters. The van der Waals surface area contributed by atoms with Crippen molar-refractivity contribution in [3.8, 4) is 0 Å². The minimum atomic E-state index is -5.17. The van der Waals surface area contributed by atoms with Crippen LogP contribution in [0.2, 0.25) is 0 Å². The molecule has 0 aliphatic rings. The molecule has 0 aromatic rings. The van der Waals surface area contributed by atoms with Crippen molar-refractivity contribution >= 4 is 27.8 Å². The van der Waals surface area contributed by atoms with Gasteiger partial charge in [0, 0.05) is 10.4 Å². The van der Waals surface area contributed by atoms with Crippen LogP contribution in [0.3, 0.4) is 0 Å². The molecular weight excluding hydrogens is 273 g/mol. The average molecular weight is 273 g/mol. The third-order valence-electron chi connectivity index (χ3n) is 0.